The Kier molecular flexibility index (Phi) is 7.07. The maximum atomic E-state index is 2.40. The summed E-state index contributed by atoms with van der Waals surface area (Å²) in [4.78, 5) is 3.78. The highest BCUT2D eigenvalue weighted by atomic mass is 32.1. The number of thiophene rings is 1. The van der Waals surface area contributed by atoms with Gasteiger partial charge in [0.15, 0.2) is 0 Å². The standard InChI is InChI=1S/C47H35NS/c1-47(2)44-40(17-11-18-42(44)46-45(47)41-16-9-10-19-43(41)49-46)36-24-30-39(31-25-36)48(37-26-20-34(21-27-37)32-12-5-3-6-13-32)38-28-22-35(23-29-38)33-14-7-4-8-15-33/h3-31H,1-2H3. The lowest BCUT2D eigenvalue weighted by atomic mass is 9.78. The van der Waals surface area contributed by atoms with Crippen molar-refractivity contribution in [3.05, 3.63) is 187 Å². The molecule has 0 unspecified atom stereocenters. The van der Waals surface area contributed by atoms with Crippen LogP contribution >= 0.6 is 11.3 Å². The molecule has 0 radical (unpaired) electrons. The summed E-state index contributed by atoms with van der Waals surface area (Å²) >= 11 is 1.93. The van der Waals surface area contributed by atoms with E-state index in [4.69, 9.17) is 0 Å². The fourth-order valence-electron chi connectivity index (χ4n) is 7.74. The van der Waals surface area contributed by atoms with E-state index in [2.05, 4.69) is 195 Å². The summed E-state index contributed by atoms with van der Waals surface area (Å²) in [7, 11) is 0. The van der Waals surface area contributed by atoms with Crippen molar-refractivity contribution in [1.29, 1.82) is 0 Å². The quantitative estimate of drug-likeness (QED) is 0.174. The molecule has 1 nitrogen and oxygen atoms in total. The summed E-state index contributed by atoms with van der Waals surface area (Å²) in [5.41, 5.74) is 15.0. The van der Waals surface area contributed by atoms with Crippen LogP contribution in [0.25, 0.3) is 53.9 Å². The molecular weight excluding hydrogens is 611 g/mol. The Balaban J connectivity index is 1.11. The van der Waals surface area contributed by atoms with E-state index in [0.29, 0.717) is 0 Å². The van der Waals surface area contributed by atoms with Crippen LogP contribution in [0.3, 0.4) is 0 Å². The van der Waals surface area contributed by atoms with Crippen LogP contribution in [0.5, 0.6) is 0 Å². The Morgan fingerprint density at radius 1 is 0.388 bits per heavy atom. The molecule has 7 aromatic carbocycles. The lowest BCUT2D eigenvalue weighted by Crippen LogP contribution is -2.16. The van der Waals surface area contributed by atoms with E-state index in [0.717, 1.165) is 17.1 Å². The molecule has 2 heteroatoms. The summed E-state index contributed by atoms with van der Waals surface area (Å²) in [5, 5.41) is 1.39. The molecule has 0 N–H and O–H groups in total. The highest BCUT2D eigenvalue weighted by Crippen LogP contribution is 2.57. The van der Waals surface area contributed by atoms with Gasteiger partial charge in [-0.15, -0.1) is 11.3 Å². The van der Waals surface area contributed by atoms with Gasteiger partial charge in [-0.2, -0.15) is 0 Å². The van der Waals surface area contributed by atoms with E-state index in [1.54, 1.807) is 0 Å². The number of hydrogen-bond acceptors (Lipinski definition) is 2. The van der Waals surface area contributed by atoms with Gasteiger partial charge in [0.2, 0.25) is 0 Å². The summed E-state index contributed by atoms with van der Waals surface area (Å²) in [5.74, 6) is 0. The Morgan fingerprint density at radius 2 is 0.837 bits per heavy atom. The molecule has 1 aliphatic carbocycles. The first-order chi connectivity index (χ1) is 24.1. The SMILES string of the molecule is CC1(C)c2c(-c3ccc(N(c4ccc(-c5ccccc5)cc4)c4ccc(-c5ccccc5)cc4)cc3)cccc2-c2sc3ccccc3c21. The van der Waals surface area contributed by atoms with Crippen LogP contribution in [0.2, 0.25) is 0 Å². The van der Waals surface area contributed by atoms with Gasteiger partial charge >= 0.3 is 0 Å². The molecule has 0 fully saturated rings. The second kappa shape index (κ2) is 11.8. The summed E-state index contributed by atoms with van der Waals surface area (Å²) < 4.78 is 1.37. The first-order valence-electron chi connectivity index (χ1n) is 16.9. The van der Waals surface area contributed by atoms with E-state index in [-0.39, 0.29) is 5.41 Å². The highest BCUT2D eigenvalue weighted by Gasteiger charge is 2.40. The second-order valence-corrected chi connectivity index (χ2v) is 14.4. The van der Waals surface area contributed by atoms with Gasteiger partial charge in [0.1, 0.15) is 0 Å². The summed E-state index contributed by atoms with van der Waals surface area (Å²) in [6, 6.07) is 63.9. The van der Waals surface area contributed by atoms with E-state index in [1.807, 2.05) is 11.3 Å². The zero-order chi connectivity index (χ0) is 33.0. The molecule has 9 rings (SSSR count). The van der Waals surface area contributed by atoms with Crippen molar-refractivity contribution in [3.63, 3.8) is 0 Å². The third-order valence-corrected chi connectivity index (χ3v) is 11.3. The number of hydrogen-bond donors (Lipinski definition) is 0. The van der Waals surface area contributed by atoms with Crippen LogP contribution in [-0.2, 0) is 5.41 Å². The van der Waals surface area contributed by atoms with Crippen LogP contribution in [0, 0.1) is 0 Å². The van der Waals surface area contributed by atoms with Crippen LogP contribution < -0.4 is 4.90 Å². The molecule has 0 amide bonds. The summed E-state index contributed by atoms with van der Waals surface area (Å²) in [6.45, 7) is 4.79. The fourth-order valence-corrected chi connectivity index (χ4v) is 9.13. The minimum absolute atomic E-state index is 0.0907. The molecule has 234 valence electrons. The molecule has 0 aliphatic heterocycles. The first-order valence-corrected chi connectivity index (χ1v) is 17.8. The van der Waals surface area contributed by atoms with Gasteiger partial charge in [-0.1, -0.05) is 147 Å². The molecule has 0 spiro atoms. The van der Waals surface area contributed by atoms with Crippen molar-refractivity contribution < 1.29 is 0 Å². The molecule has 1 aromatic heterocycles. The van der Waals surface area contributed by atoms with Crippen molar-refractivity contribution in [2.24, 2.45) is 0 Å². The van der Waals surface area contributed by atoms with Crippen molar-refractivity contribution in [3.8, 4) is 43.8 Å². The van der Waals surface area contributed by atoms with Crippen molar-refractivity contribution in [1.82, 2.24) is 0 Å². The maximum Gasteiger partial charge on any atom is 0.0462 e. The normalized spacial score (nSPS) is 12.9. The molecule has 8 aromatic rings. The monoisotopic (exact) mass is 645 g/mol. The predicted octanol–water partition coefficient (Wildman–Crippen LogP) is 13.7. The van der Waals surface area contributed by atoms with E-state index >= 15 is 0 Å². The fraction of sp³-hybridized carbons (Fsp3) is 0.0638. The van der Waals surface area contributed by atoms with Crippen LogP contribution in [0.15, 0.2) is 176 Å². The zero-order valence-electron chi connectivity index (χ0n) is 27.6. The Labute approximate surface area is 292 Å². The minimum Gasteiger partial charge on any atom is -0.311 e. The number of benzene rings is 7. The zero-order valence-corrected chi connectivity index (χ0v) is 28.4. The Hall–Kier alpha value is -5.70. The van der Waals surface area contributed by atoms with E-state index in [1.165, 1.54) is 65.0 Å². The molecule has 0 saturated carbocycles. The Morgan fingerprint density at radius 3 is 1.39 bits per heavy atom. The summed E-state index contributed by atoms with van der Waals surface area (Å²) in [6.07, 6.45) is 0. The highest BCUT2D eigenvalue weighted by molar-refractivity contribution is 7.22. The number of fused-ring (bicyclic) bond motifs is 5. The van der Waals surface area contributed by atoms with Gasteiger partial charge in [-0.3, -0.25) is 0 Å². The smallest absolute Gasteiger partial charge is 0.0462 e. The van der Waals surface area contributed by atoms with Gasteiger partial charge in [0.05, 0.1) is 0 Å². The van der Waals surface area contributed by atoms with Gasteiger partial charge in [-0.05, 0) is 97.9 Å². The molecule has 0 saturated heterocycles. The van der Waals surface area contributed by atoms with Crippen molar-refractivity contribution in [2.45, 2.75) is 19.3 Å². The minimum atomic E-state index is -0.0907. The van der Waals surface area contributed by atoms with Gasteiger partial charge in [-0.25, -0.2) is 0 Å². The van der Waals surface area contributed by atoms with Crippen molar-refractivity contribution in [2.75, 3.05) is 4.90 Å². The average molecular weight is 646 g/mol. The van der Waals surface area contributed by atoms with E-state index in [9.17, 15) is 0 Å². The molecule has 49 heavy (non-hydrogen) atoms. The van der Waals surface area contributed by atoms with Crippen LogP contribution in [0.4, 0.5) is 17.1 Å². The van der Waals surface area contributed by atoms with Gasteiger partial charge in [0, 0.05) is 32.1 Å². The number of anilines is 3. The topological polar surface area (TPSA) is 3.24 Å². The number of rotatable bonds is 6. The lowest BCUT2D eigenvalue weighted by Gasteiger charge is -2.27. The largest absolute Gasteiger partial charge is 0.311 e. The predicted molar refractivity (Wildman–Crippen MR) is 210 cm³/mol. The van der Waals surface area contributed by atoms with Crippen molar-refractivity contribution >= 4 is 38.5 Å². The van der Waals surface area contributed by atoms with Crippen LogP contribution in [0.1, 0.15) is 25.0 Å². The maximum absolute atomic E-state index is 2.40. The third kappa shape index (κ3) is 4.99. The van der Waals surface area contributed by atoms with Crippen LogP contribution in [-0.4, -0.2) is 0 Å². The Bertz CT molecular complexity index is 2340. The third-order valence-electron chi connectivity index (χ3n) is 10.1. The molecule has 1 heterocycles. The molecule has 1 aliphatic rings. The van der Waals surface area contributed by atoms with Gasteiger partial charge < -0.3 is 4.90 Å². The van der Waals surface area contributed by atoms with Gasteiger partial charge in [0.25, 0.3) is 0 Å². The lowest BCUT2D eigenvalue weighted by molar-refractivity contribution is 0.669. The molecule has 0 bridgehead atoms. The number of nitrogens with zero attached hydrogens (tertiary/aromatic N) is 1. The van der Waals surface area contributed by atoms with E-state index < -0.39 is 0 Å². The second-order valence-electron chi connectivity index (χ2n) is 13.4. The molecule has 0 atom stereocenters. The average Bonchev–Trinajstić information content (AvgIpc) is 3.67. The first kappa shape index (κ1) is 29.4. The molecular formula is C47H35NS.